The Hall–Kier alpha value is -2.56. The van der Waals surface area contributed by atoms with Gasteiger partial charge in [0.1, 0.15) is 5.75 Å². The van der Waals surface area contributed by atoms with Crippen LogP contribution < -0.4 is 9.47 Å². The second kappa shape index (κ2) is 6.69. The highest BCUT2D eigenvalue weighted by molar-refractivity contribution is 5.96. The van der Waals surface area contributed by atoms with E-state index in [1.807, 2.05) is 42.2 Å². The Bertz CT molecular complexity index is 698. The van der Waals surface area contributed by atoms with Gasteiger partial charge in [-0.3, -0.25) is 4.79 Å². The molecule has 0 atom stereocenters. The highest BCUT2D eigenvalue weighted by atomic mass is 16.5. The molecule has 1 aromatic carbocycles. The lowest BCUT2D eigenvalue weighted by atomic mass is 10.0. The van der Waals surface area contributed by atoms with Gasteiger partial charge >= 0.3 is 0 Å². The van der Waals surface area contributed by atoms with Crippen LogP contribution in [0.3, 0.4) is 0 Å². The van der Waals surface area contributed by atoms with Crippen molar-refractivity contribution in [2.75, 3.05) is 20.3 Å². The molecule has 5 heteroatoms. The molecule has 23 heavy (non-hydrogen) atoms. The highest BCUT2D eigenvalue weighted by Gasteiger charge is 2.25. The lowest BCUT2D eigenvalue weighted by Gasteiger charge is -2.28. The minimum absolute atomic E-state index is 0.0256. The van der Waals surface area contributed by atoms with Gasteiger partial charge in [0.05, 0.1) is 25.0 Å². The number of methoxy groups -OCH3 is 1. The zero-order chi connectivity index (χ0) is 16.2. The number of ether oxygens (including phenoxy) is 2. The van der Waals surface area contributed by atoms with Crippen molar-refractivity contribution in [3.05, 3.63) is 53.2 Å². The first kappa shape index (κ1) is 15.3. The summed E-state index contributed by atoms with van der Waals surface area (Å²) in [7, 11) is 1.64. The second-order valence-corrected chi connectivity index (χ2v) is 5.40. The zero-order valence-corrected chi connectivity index (χ0v) is 13.4. The Balaban J connectivity index is 1.75. The lowest BCUT2D eigenvalue weighted by Crippen LogP contribution is -2.37. The highest BCUT2D eigenvalue weighted by Crippen LogP contribution is 2.22. The molecule has 0 saturated heterocycles. The molecule has 1 aliphatic rings. The summed E-state index contributed by atoms with van der Waals surface area (Å²) < 4.78 is 10.6. The number of carbonyl (C=O) groups is 1. The van der Waals surface area contributed by atoms with E-state index in [0.717, 1.165) is 23.4 Å². The van der Waals surface area contributed by atoms with Crippen LogP contribution in [0.5, 0.6) is 11.6 Å². The van der Waals surface area contributed by atoms with E-state index in [2.05, 4.69) is 4.98 Å². The van der Waals surface area contributed by atoms with Gasteiger partial charge in [-0.15, -0.1) is 0 Å². The largest absolute Gasteiger partial charge is 0.497 e. The SMILES string of the molecule is CCOc1ccc2c(n1)CCN(Cc1ccc(OC)cc1)C2=O. The number of hydrogen-bond acceptors (Lipinski definition) is 4. The van der Waals surface area contributed by atoms with Crippen molar-refractivity contribution < 1.29 is 14.3 Å². The summed E-state index contributed by atoms with van der Waals surface area (Å²) in [5.74, 6) is 1.43. The minimum Gasteiger partial charge on any atom is -0.497 e. The Kier molecular flexibility index (Phi) is 4.46. The van der Waals surface area contributed by atoms with Crippen molar-refractivity contribution in [3.63, 3.8) is 0 Å². The smallest absolute Gasteiger partial charge is 0.256 e. The van der Waals surface area contributed by atoms with Gasteiger partial charge in [-0.25, -0.2) is 4.98 Å². The molecule has 2 aromatic rings. The van der Waals surface area contributed by atoms with Gasteiger partial charge in [0.15, 0.2) is 0 Å². The molecule has 1 aromatic heterocycles. The summed E-state index contributed by atoms with van der Waals surface area (Å²) in [6, 6.07) is 11.4. The molecule has 2 heterocycles. The summed E-state index contributed by atoms with van der Waals surface area (Å²) in [4.78, 5) is 18.9. The van der Waals surface area contributed by atoms with Crippen molar-refractivity contribution in [1.82, 2.24) is 9.88 Å². The summed E-state index contributed by atoms with van der Waals surface area (Å²) in [5, 5.41) is 0. The van der Waals surface area contributed by atoms with Gasteiger partial charge in [0.2, 0.25) is 5.88 Å². The van der Waals surface area contributed by atoms with Crippen LogP contribution in [0.1, 0.15) is 28.5 Å². The number of carbonyl (C=O) groups excluding carboxylic acids is 1. The van der Waals surface area contributed by atoms with E-state index in [9.17, 15) is 4.79 Å². The van der Waals surface area contributed by atoms with E-state index in [0.29, 0.717) is 31.1 Å². The van der Waals surface area contributed by atoms with E-state index in [4.69, 9.17) is 9.47 Å². The molecular weight excluding hydrogens is 292 g/mol. The monoisotopic (exact) mass is 312 g/mol. The van der Waals surface area contributed by atoms with Crippen LogP contribution in [0.2, 0.25) is 0 Å². The first-order chi connectivity index (χ1) is 11.2. The molecule has 0 aliphatic carbocycles. The topological polar surface area (TPSA) is 51.7 Å². The van der Waals surface area contributed by atoms with Crippen LogP contribution in [0.25, 0.3) is 0 Å². The molecule has 0 unspecified atom stereocenters. The number of fused-ring (bicyclic) bond motifs is 1. The van der Waals surface area contributed by atoms with Crippen LogP contribution in [0.15, 0.2) is 36.4 Å². The number of nitrogens with zero attached hydrogens (tertiary/aromatic N) is 2. The van der Waals surface area contributed by atoms with Gasteiger partial charge < -0.3 is 14.4 Å². The molecule has 1 amide bonds. The molecule has 1 aliphatic heterocycles. The van der Waals surface area contributed by atoms with Gasteiger partial charge in [0, 0.05) is 25.6 Å². The summed E-state index contributed by atoms with van der Waals surface area (Å²) in [5.41, 5.74) is 2.58. The fourth-order valence-corrected chi connectivity index (χ4v) is 2.71. The molecule has 0 N–H and O–H groups in total. The van der Waals surface area contributed by atoms with Crippen LogP contribution in [-0.4, -0.2) is 36.1 Å². The lowest BCUT2D eigenvalue weighted by molar-refractivity contribution is 0.0724. The predicted octanol–water partition coefficient (Wildman–Crippen LogP) is 2.69. The van der Waals surface area contributed by atoms with Gasteiger partial charge in [-0.05, 0) is 30.7 Å². The molecule has 5 nitrogen and oxygen atoms in total. The first-order valence-corrected chi connectivity index (χ1v) is 7.76. The first-order valence-electron chi connectivity index (χ1n) is 7.76. The van der Waals surface area contributed by atoms with Gasteiger partial charge in [-0.2, -0.15) is 0 Å². The average molecular weight is 312 g/mol. The average Bonchev–Trinajstić information content (AvgIpc) is 2.58. The fraction of sp³-hybridized carbons (Fsp3) is 0.333. The van der Waals surface area contributed by atoms with Gasteiger partial charge in [0.25, 0.3) is 5.91 Å². The Labute approximate surface area is 135 Å². The van der Waals surface area contributed by atoms with Crippen molar-refractivity contribution in [2.45, 2.75) is 19.9 Å². The minimum atomic E-state index is 0.0256. The van der Waals surface area contributed by atoms with E-state index >= 15 is 0 Å². The molecule has 0 fully saturated rings. The van der Waals surface area contributed by atoms with Crippen molar-refractivity contribution in [2.24, 2.45) is 0 Å². The molecule has 3 rings (SSSR count). The fourth-order valence-electron chi connectivity index (χ4n) is 2.71. The molecule has 0 saturated carbocycles. The summed E-state index contributed by atoms with van der Waals surface area (Å²) in [6.07, 6.45) is 0.748. The zero-order valence-electron chi connectivity index (χ0n) is 13.4. The Morgan fingerprint density at radius 2 is 1.96 bits per heavy atom. The van der Waals surface area contributed by atoms with Crippen LogP contribution in [0, 0.1) is 0 Å². The maximum absolute atomic E-state index is 12.6. The normalized spacial score (nSPS) is 13.7. The van der Waals surface area contributed by atoms with Crippen LogP contribution in [-0.2, 0) is 13.0 Å². The third-order valence-corrected chi connectivity index (χ3v) is 3.91. The van der Waals surface area contributed by atoms with Crippen LogP contribution in [0.4, 0.5) is 0 Å². The standard InChI is InChI=1S/C18H20N2O3/c1-3-23-17-9-8-15-16(19-17)10-11-20(18(15)21)12-13-4-6-14(22-2)7-5-13/h4-9H,3,10-12H2,1-2H3. The Morgan fingerprint density at radius 3 is 2.65 bits per heavy atom. The third kappa shape index (κ3) is 3.28. The van der Waals surface area contributed by atoms with Crippen molar-refractivity contribution in [1.29, 1.82) is 0 Å². The maximum atomic E-state index is 12.6. The number of hydrogen-bond donors (Lipinski definition) is 0. The van der Waals surface area contributed by atoms with Crippen molar-refractivity contribution in [3.8, 4) is 11.6 Å². The van der Waals surface area contributed by atoms with E-state index in [1.54, 1.807) is 13.2 Å². The summed E-state index contributed by atoms with van der Waals surface area (Å²) in [6.45, 7) is 3.75. The maximum Gasteiger partial charge on any atom is 0.256 e. The summed E-state index contributed by atoms with van der Waals surface area (Å²) >= 11 is 0. The predicted molar refractivity (Wildman–Crippen MR) is 86.8 cm³/mol. The van der Waals surface area contributed by atoms with E-state index in [-0.39, 0.29) is 5.91 Å². The quantitative estimate of drug-likeness (QED) is 0.852. The number of pyridine rings is 1. The number of benzene rings is 1. The molecule has 0 radical (unpaired) electrons. The van der Waals surface area contributed by atoms with E-state index in [1.165, 1.54) is 0 Å². The number of aromatic nitrogens is 1. The number of rotatable bonds is 5. The van der Waals surface area contributed by atoms with Crippen LogP contribution >= 0.6 is 0 Å². The van der Waals surface area contributed by atoms with E-state index < -0.39 is 0 Å². The van der Waals surface area contributed by atoms with Gasteiger partial charge in [-0.1, -0.05) is 12.1 Å². The third-order valence-electron chi connectivity index (χ3n) is 3.91. The Morgan fingerprint density at radius 1 is 1.17 bits per heavy atom. The second-order valence-electron chi connectivity index (χ2n) is 5.40. The van der Waals surface area contributed by atoms with Crippen molar-refractivity contribution >= 4 is 5.91 Å². The molecule has 0 bridgehead atoms. The molecular formula is C18H20N2O3. The molecule has 120 valence electrons. The molecule has 0 spiro atoms. The number of amides is 1.